The second-order valence-electron chi connectivity index (χ2n) is 12.3. The van der Waals surface area contributed by atoms with E-state index < -0.39 is 75.8 Å². The first-order valence-corrected chi connectivity index (χ1v) is 15.1. The molecule has 5 rings (SSSR count). The number of alkyl halides is 3. The van der Waals surface area contributed by atoms with Gasteiger partial charge in [-0.3, -0.25) is 9.47 Å². The molecule has 2 aliphatic rings. The van der Waals surface area contributed by atoms with Crippen LogP contribution in [0.3, 0.4) is 0 Å². The number of anilines is 1. The smallest absolute Gasteiger partial charge is 0.417 e. The molecule has 45 heavy (non-hydrogen) atoms. The molecule has 2 aromatic carbocycles. The van der Waals surface area contributed by atoms with Gasteiger partial charge >= 0.3 is 18.0 Å². The molecular formula is C30H32F6N4O4S. The van der Waals surface area contributed by atoms with Crippen molar-refractivity contribution in [1.29, 1.82) is 0 Å². The second kappa shape index (κ2) is 11.7. The zero-order valence-corrected chi connectivity index (χ0v) is 26.2. The van der Waals surface area contributed by atoms with Crippen molar-refractivity contribution in [2.24, 2.45) is 0 Å². The average Bonchev–Trinajstić information content (AvgIpc) is 2.89. The molecular weight excluding hydrogens is 626 g/mol. The van der Waals surface area contributed by atoms with Crippen molar-refractivity contribution in [2.45, 2.75) is 69.4 Å². The molecule has 15 heteroatoms. The fraction of sp³-hybridized carbons (Fsp3) is 0.500. The highest BCUT2D eigenvalue weighted by Gasteiger charge is 2.42. The Labute approximate surface area is 259 Å². The summed E-state index contributed by atoms with van der Waals surface area (Å²) in [6.07, 6.45) is -5.66. The van der Waals surface area contributed by atoms with Gasteiger partial charge in [0, 0.05) is 53.9 Å². The third kappa shape index (κ3) is 6.08. The van der Waals surface area contributed by atoms with E-state index in [-0.39, 0.29) is 47.1 Å². The fourth-order valence-corrected chi connectivity index (χ4v) is 7.38. The van der Waals surface area contributed by atoms with Crippen LogP contribution in [0.15, 0.2) is 27.9 Å². The van der Waals surface area contributed by atoms with Crippen LogP contribution >= 0.6 is 11.8 Å². The van der Waals surface area contributed by atoms with Gasteiger partial charge in [0.05, 0.1) is 41.4 Å². The molecule has 0 saturated carbocycles. The predicted molar refractivity (Wildman–Crippen MR) is 157 cm³/mol. The summed E-state index contributed by atoms with van der Waals surface area (Å²) in [4.78, 5) is 33.8. The molecule has 1 amide bonds. The molecule has 0 unspecified atom stereocenters. The van der Waals surface area contributed by atoms with Crippen LogP contribution in [0.2, 0.25) is 0 Å². The summed E-state index contributed by atoms with van der Waals surface area (Å²) in [6.45, 7) is 8.90. The van der Waals surface area contributed by atoms with Crippen LogP contribution in [0.25, 0.3) is 22.0 Å². The lowest BCUT2D eigenvalue weighted by Gasteiger charge is -2.45. The molecule has 3 aromatic rings. The van der Waals surface area contributed by atoms with Gasteiger partial charge in [0.15, 0.2) is 0 Å². The van der Waals surface area contributed by atoms with Crippen molar-refractivity contribution >= 4 is 34.6 Å². The molecule has 1 aromatic heterocycles. The minimum absolute atomic E-state index is 0.00398. The lowest BCUT2D eigenvalue weighted by molar-refractivity contribution is -0.137. The number of nitrogens with zero attached hydrogens (tertiary/aromatic N) is 4. The van der Waals surface area contributed by atoms with Crippen LogP contribution in [0.5, 0.6) is 0 Å². The number of amides is 1. The molecule has 0 aliphatic carbocycles. The summed E-state index contributed by atoms with van der Waals surface area (Å²) in [5, 5.41) is -0.0676. The monoisotopic (exact) mass is 658 g/mol. The summed E-state index contributed by atoms with van der Waals surface area (Å²) in [7, 11) is 1.40. The Kier molecular flexibility index (Phi) is 8.57. The maximum atomic E-state index is 15.1. The fourth-order valence-electron chi connectivity index (χ4n) is 6.07. The number of benzene rings is 2. The van der Waals surface area contributed by atoms with Gasteiger partial charge in [-0.1, -0.05) is 0 Å². The van der Waals surface area contributed by atoms with Crippen LogP contribution in [-0.4, -0.2) is 70.8 Å². The van der Waals surface area contributed by atoms with Crippen molar-refractivity contribution in [3.63, 3.8) is 0 Å². The number of carbonyl (C=O) groups is 1. The number of hydrogen-bond acceptors (Lipinski definition) is 7. The minimum Gasteiger partial charge on any atom is -0.444 e. The Morgan fingerprint density at radius 2 is 1.62 bits per heavy atom. The van der Waals surface area contributed by atoms with Gasteiger partial charge in [0.2, 0.25) is 0 Å². The van der Waals surface area contributed by atoms with E-state index >= 15 is 8.78 Å². The standard InChI is InChI=1S/C30H32F6N4O4S/c1-14-10-38(11-15(2)39(14)28(42)44-29(3,4)5)26-18-9-19(30(34,35)36)22(23-20(32)7-16(31)8-21(23)33)25-24(18)40(27(41)37-26)17(12-43-6)13-45-25/h7-9,14-15,17H,10-13H2,1-6H3/t14-,15+,17-/m0/s1. The lowest BCUT2D eigenvalue weighted by atomic mass is 9.95. The van der Waals surface area contributed by atoms with E-state index in [4.69, 9.17) is 9.47 Å². The largest absolute Gasteiger partial charge is 0.444 e. The quantitative estimate of drug-likeness (QED) is 0.292. The predicted octanol–water partition coefficient (Wildman–Crippen LogP) is 6.63. The molecule has 1 fully saturated rings. The van der Waals surface area contributed by atoms with E-state index in [0.29, 0.717) is 12.1 Å². The minimum atomic E-state index is -5.11. The molecule has 244 valence electrons. The third-order valence-electron chi connectivity index (χ3n) is 7.67. The van der Waals surface area contributed by atoms with E-state index in [2.05, 4.69) is 4.98 Å². The third-order valence-corrected chi connectivity index (χ3v) is 8.91. The van der Waals surface area contributed by atoms with Crippen molar-refractivity contribution in [3.8, 4) is 11.1 Å². The number of hydrogen-bond donors (Lipinski definition) is 0. The topological polar surface area (TPSA) is 76.9 Å². The number of aromatic nitrogens is 2. The first-order valence-electron chi connectivity index (χ1n) is 14.2. The number of thioether (sulfide) groups is 1. The van der Waals surface area contributed by atoms with E-state index in [1.165, 1.54) is 16.6 Å². The Morgan fingerprint density at radius 3 is 2.16 bits per heavy atom. The van der Waals surface area contributed by atoms with E-state index in [9.17, 15) is 27.2 Å². The van der Waals surface area contributed by atoms with Gasteiger partial charge in [-0.2, -0.15) is 18.2 Å². The zero-order valence-electron chi connectivity index (χ0n) is 25.4. The van der Waals surface area contributed by atoms with Gasteiger partial charge < -0.3 is 14.4 Å². The molecule has 8 nitrogen and oxygen atoms in total. The Balaban J connectivity index is 1.77. The molecule has 0 spiro atoms. The van der Waals surface area contributed by atoms with Gasteiger partial charge in [0.1, 0.15) is 28.9 Å². The average molecular weight is 659 g/mol. The molecule has 2 aliphatic heterocycles. The summed E-state index contributed by atoms with van der Waals surface area (Å²) in [5.74, 6) is -4.35. The molecule has 1 saturated heterocycles. The van der Waals surface area contributed by atoms with Gasteiger partial charge in [0.25, 0.3) is 0 Å². The first-order chi connectivity index (χ1) is 20.9. The highest BCUT2D eigenvalue weighted by molar-refractivity contribution is 7.99. The van der Waals surface area contributed by atoms with Crippen LogP contribution in [-0.2, 0) is 15.7 Å². The van der Waals surface area contributed by atoms with Crippen molar-refractivity contribution in [2.75, 3.05) is 37.5 Å². The van der Waals surface area contributed by atoms with Crippen LogP contribution in [0.1, 0.15) is 46.2 Å². The van der Waals surface area contributed by atoms with Gasteiger partial charge in [-0.05, 0) is 40.7 Å². The maximum absolute atomic E-state index is 15.1. The second-order valence-corrected chi connectivity index (χ2v) is 13.3. The van der Waals surface area contributed by atoms with Crippen molar-refractivity contribution in [1.82, 2.24) is 14.5 Å². The number of halogens is 6. The number of methoxy groups -OCH3 is 1. The normalized spacial score (nSPS) is 20.6. The Hall–Kier alpha value is -3.46. The van der Waals surface area contributed by atoms with E-state index in [0.717, 1.165) is 17.8 Å². The molecule has 3 atom stereocenters. The van der Waals surface area contributed by atoms with Crippen LogP contribution in [0, 0.1) is 17.5 Å². The summed E-state index contributed by atoms with van der Waals surface area (Å²) >= 11 is 0.895. The summed E-state index contributed by atoms with van der Waals surface area (Å²) in [5.41, 5.74) is -4.79. The van der Waals surface area contributed by atoms with Gasteiger partial charge in [-0.15, -0.1) is 11.8 Å². The van der Waals surface area contributed by atoms with Crippen molar-refractivity contribution in [3.05, 3.63) is 51.7 Å². The lowest BCUT2D eigenvalue weighted by Crippen LogP contribution is -2.60. The molecule has 0 bridgehead atoms. The highest BCUT2D eigenvalue weighted by atomic mass is 32.2. The molecule has 3 heterocycles. The van der Waals surface area contributed by atoms with Gasteiger partial charge in [-0.25, -0.2) is 22.8 Å². The SMILES string of the molecule is COC[C@H]1CSc2c(-c3c(F)cc(F)cc3F)c(C(F)(F)F)cc3c(N4C[C@@H](C)N(C(=O)OC(C)(C)C)[C@@H](C)C4)nc(=O)n1c23. The van der Waals surface area contributed by atoms with E-state index in [1.54, 1.807) is 39.5 Å². The highest BCUT2D eigenvalue weighted by Crippen LogP contribution is 2.51. The number of carbonyl (C=O) groups excluding carboxylic acids is 1. The zero-order chi connectivity index (χ0) is 33.2. The summed E-state index contributed by atoms with van der Waals surface area (Å²) < 4.78 is 100. The molecule has 0 N–H and O–H groups in total. The Bertz CT molecular complexity index is 1690. The van der Waals surface area contributed by atoms with Crippen molar-refractivity contribution < 1.29 is 40.6 Å². The molecule has 0 radical (unpaired) electrons. The number of rotatable bonds is 4. The van der Waals surface area contributed by atoms with Crippen LogP contribution < -0.4 is 10.6 Å². The number of piperazine rings is 1. The van der Waals surface area contributed by atoms with Crippen LogP contribution in [0.4, 0.5) is 37.0 Å². The maximum Gasteiger partial charge on any atom is 0.417 e. The Morgan fingerprint density at radius 1 is 1.02 bits per heavy atom. The number of ether oxygens (including phenoxy) is 2. The van der Waals surface area contributed by atoms with E-state index in [1.807, 2.05) is 0 Å². The summed E-state index contributed by atoms with van der Waals surface area (Å²) in [6, 6.07) is -0.272. The first kappa shape index (κ1) is 32.9.